The second-order valence-electron chi connectivity index (χ2n) is 6.35. The number of likely N-dealkylation sites (N-methyl/N-ethyl adjacent to an activating group) is 1. The highest BCUT2D eigenvalue weighted by atomic mass is 32.1. The Morgan fingerprint density at radius 1 is 1.28 bits per heavy atom. The van der Waals surface area contributed by atoms with Crippen molar-refractivity contribution in [2.75, 3.05) is 46.9 Å². The van der Waals surface area contributed by atoms with Crippen LogP contribution in [-0.2, 0) is 0 Å². The first kappa shape index (κ1) is 17.9. The molecule has 1 amide bonds. The van der Waals surface area contributed by atoms with Gasteiger partial charge in [-0.2, -0.15) is 11.3 Å². The van der Waals surface area contributed by atoms with Gasteiger partial charge in [0.25, 0.3) is 5.91 Å². The largest absolute Gasteiger partial charge is 0.497 e. The lowest BCUT2D eigenvalue weighted by atomic mass is 10.1. The molecule has 0 radical (unpaired) electrons. The summed E-state index contributed by atoms with van der Waals surface area (Å²) in [4.78, 5) is 17.3. The zero-order chi connectivity index (χ0) is 17.6. The number of nitrogens with zero attached hydrogens (tertiary/aromatic N) is 2. The highest BCUT2D eigenvalue weighted by Crippen LogP contribution is 2.24. The van der Waals surface area contributed by atoms with E-state index in [0.717, 1.165) is 26.2 Å². The molecule has 5 nitrogen and oxygen atoms in total. The zero-order valence-corrected chi connectivity index (χ0v) is 15.6. The summed E-state index contributed by atoms with van der Waals surface area (Å²) in [5.74, 6) is 0.634. The van der Waals surface area contributed by atoms with Crippen LogP contribution in [0.1, 0.15) is 22.0 Å². The fourth-order valence-electron chi connectivity index (χ4n) is 3.11. The highest BCUT2D eigenvalue weighted by Gasteiger charge is 2.24. The Kier molecular flexibility index (Phi) is 6.07. The van der Waals surface area contributed by atoms with Crippen LogP contribution in [0.2, 0.25) is 0 Å². The minimum absolute atomic E-state index is 0.0618. The summed E-state index contributed by atoms with van der Waals surface area (Å²) >= 11 is 1.70. The van der Waals surface area contributed by atoms with Crippen LogP contribution >= 0.6 is 11.3 Å². The molecule has 2 heterocycles. The maximum atomic E-state index is 12.5. The Hall–Kier alpha value is -1.89. The molecule has 1 aliphatic heterocycles. The second-order valence-corrected chi connectivity index (χ2v) is 7.13. The third-order valence-corrected chi connectivity index (χ3v) is 5.40. The van der Waals surface area contributed by atoms with Crippen molar-refractivity contribution in [1.29, 1.82) is 0 Å². The van der Waals surface area contributed by atoms with Gasteiger partial charge in [-0.15, -0.1) is 0 Å². The number of thiophene rings is 1. The van der Waals surface area contributed by atoms with Crippen molar-refractivity contribution in [2.24, 2.45) is 0 Å². The van der Waals surface area contributed by atoms with Gasteiger partial charge in [0, 0.05) is 38.3 Å². The third-order valence-electron chi connectivity index (χ3n) is 4.69. The van der Waals surface area contributed by atoms with E-state index in [1.165, 1.54) is 5.56 Å². The number of hydrogen-bond donors (Lipinski definition) is 1. The molecule has 25 heavy (non-hydrogen) atoms. The first-order valence-corrected chi connectivity index (χ1v) is 9.48. The molecule has 1 aliphatic rings. The summed E-state index contributed by atoms with van der Waals surface area (Å²) in [6.07, 6.45) is 0. The molecule has 1 saturated heterocycles. The zero-order valence-electron chi connectivity index (χ0n) is 14.8. The summed E-state index contributed by atoms with van der Waals surface area (Å²) in [5.41, 5.74) is 1.90. The summed E-state index contributed by atoms with van der Waals surface area (Å²) in [7, 11) is 3.76. The maximum absolute atomic E-state index is 12.5. The number of amides is 1. The van der Waals surface area contributed by atoms with Crippen LogP contribution in [0, 0.1) is 0 Å². The van der Waals surface area contributed by atoms with E-state index in [2.05, 4.69) is 39.0 Å². The molecule has 134 valence electrons. The van der Waals surface area contributed by atoms with Crippen LogP contribution in [0.4, 0.5) is 0 Å². The molecule has 0 aliphatic carbocycles. The lowest BCUT2D eigenvalue weighted by Crippen LogP contribution is -2.48. The Morgan fingerprint density at radius 2 is 2.08 bits per heavy atom. The van der Waals surface area contributed by atoms with Crippen LogP contribution in [0.25, 0.3) is 0 Å². The smallest absolute Gasteiger partial charge is 0.251 e. The number of nitrogens with one attached hydrogen (secondary N) is 1. The van der Waals surface area contributed by atoms with Crippen molar-refractivity contribution < 1.29 is 9.53 Å². The predicted molar refractivity (Wildman–Crippen MR) is 101 cm³/mol. The van der Waals surface area contributed by atoms with Crippen LogP contribution in [-0.4, -0.2) is 62.6 Å². The topological polar surface area (TPSA) is 44.8 Å². The quantitative estimate of drug-likeness (QED) is 0.861. The van der Waals surface area contributed by atoms with Crippen LogP contribution in [0.5, 0.6) is 5.75 Å². The van der Waals surface area contributed by atoms with Crippen molar-refractivity contribution in [3.05, 3.63) is 52.2 Å². The summed E-state index contributed by atoms with van der Waals surface area (Å²) in [6.45, 7) is 4.77. The first-order valence-electron chi connectivity index (χ1n) is 8.54. The van der Waals surface area contributed by atoms with Crippen molar-refractivity contribution in [2.45, 2.75) is 6.04 Å². The average molecular weight is 359 g/mol. The number of methoxy groups -OCH3 is 1. The lowest BCUT2D eigenvalue weighted by Gasteiger charge is -2.38. The number of benzene rings is 1. The molecule has 0 unspecified atom stereocenters. The van der Waals surface area contributed by atoms with Crippen molar-refractivity contribution in [3.8, 4) is 5.75 Å². The Bertz CT molecular complexity index is 682. The molecule has 1 aromatic carbocycles. The van der Waals surface area contributed by atoms with Crippen molar-refractivity contribution in [3.63, 3.8) is 0 Å². The number of carbonyl (C=O) groups is 1. The molecule has 1 aromatic heterocycles. The van der Waals surface area contributed by atoms with E-state index in [-0.39, 0.29) is 11.9 Å². The van der Waals surface area contributed by atoms with Crippen LogP contribution in [0.15, 0.2) is 41.1 Å². The fraction of sp³-hybridized carbons (Fsp3) is 0.421. The number of hydrogen-bond acceptors (Lipinski definition) is 5. The highest BCUT2D eigenvalue weighted by molar-refractivity contribution is 7.07. The van der Waals surface area contributed by atoms with Gasteiger partial charge < -0.3 is 15.0 Å². The maximum Gasteiger partial charge on any atom is 0.251 e. The Labute approximate surface area is 153 Å². The average Bonchev–Trinajstić information content (AvgIpc) is 3.17. The normalized spacial score (nSPS) is 17.2. The minimum atomic E-state index is -0.0618. The molecule has 0 spiro atoms. The summed E-state index contributed by atoms with van der Waals surface area (Å²) in [6, 6.07) is 9.64. The van der Waals surface area contributed by atoms with E-state index in [0.29, 0.717) is 17.9 Å². The number of ether oxygens (including phenoxy) is 1. The number of piperazine rings is 1. The van der Waals surface area contributed by atoms with Crippen molar-refractivity contribution in [1.82, 2.24) is 15.1 Å². The second kappa shape index (κ2) is 8.47. The van der Waals surface area contributed by atoms with E-state index < -0.39 is 0 Å². The molecule has 0 bridgehead atoms. The molecule has 1 atom stereocenters. The molecular formula is C19H25N3O2S. The minimum Gasteiger partial charge on any atom is -0.497 e. The Balaban J connectivity index is 1.67. The fourth-order valence-corrected chi connectivity index (χ4v) is 3.82. The summed E-state index contributed by atoms with van der Waals surface area (Å²) < 4.78 is 5.20. The van der Waals surface area contributed by atoms with Gasteiger partial charge in [-0.3, -0.25) is 9.69 Å². The molecule has 3 rings (SSSR count). The van der Waals surface area contributed by atoms with Gasteiger partial charge in [-0.05, 0) is 47.6 Å². The van der Waals surface area contributed by atoms with Crippen LogP contribution < -0.4 is 10.1 Å². The van der Waals surface area contributed by atoms with E-state index >= 15 is 0 Å². The van der Waals surface area contributed by atoms with E-state index in [9.17, 15) is 4.79 Å². The monoisotopic (exact) mass is 359 g/mol. The number of rotatable bonds is 6. The SMILES string of the molecule is COc1cccc(C(=O)NC[C@@H](c2ccsc2)N2CCN(C)CC2)c1. The van der Waals surface area contributed by atoms with Gasteiger partial charge in [-0.1, -0.05) is 6.07 Å². The van der Waals surface area contributed by atoms with E-state index in [4.69, 9.17) is 4.74 Å². The third kappa shape index (κ3) is 4.60. The Morgan fingerprint density at radius 3 is 2.76 bits per heavy atom. The van der Waals surface area contributed by atoms with Gasteiger partial charge in [-0.25, -0.2) is 0 Å². The molecule has 0 saturated carbocycles. The van der Waals surface area contributed by atoms with E-state index in [1.54, 1.807) is 24.5 Å². The van der Waals surface area contributed by atoms with Crippen LogP contribution in [0.3, 0.4) is 0 Å². The molecular weight excluding hydrogens is 334 g/mol. The van der Waals surface area contributed by atoms with Gasteiger partial charge in [0.05, 0.1) is 13.2 Å². The lowest BCUT2D eigenvalue weighted by molar-refractivity contribution is 0.0886. The molecule has 2 aromatic rings. The summed E-state index contributed by atoms with van der Waals surface area (Å²) in [5, 5.41) is 7.38. The van der Waals surface area contributed by atoms with Gasteiger partial charge >= 0.3 is 0 Å². The van der Waals surface area contributed by atoms with Gasteiger partial charge in [0.15, 0.2) is 0 Å². The molecule has 6 heteroatoms. The van der Waals surface area contributed by atoms with Crippen molar-refractivity contribution >= 4 is 17.2 Å². The molecule has 1 N–H and O–H groups in total. The standard InChI is InChI=1S/C19H25N3O2S/c1-21-7-9-22(10-8-21)18(16-6-11-25-14-16)13-20-19(23)15-4-3-5-17(12-15)24-2/h3-6,11-12,14,18H,7-10,13H2,1-2H3,(H,20,23)/t18-/m0/s1. The van der Waals surface area contributed by atoms with Gasteiger partial charge in [0.2, 0.25) is 0 Å². The van der Waals surface area contributed by atoms with Gasteiger partial charge in [0.1, 0.15) is 5.75 Å². The number of carbonyl (C=O) groups excluding carboxylic acids is 1. The molecule has 1 fully saturated rings. The predicted octanol–water partition coefficient (Wildman–Crippen LogP) is 2.48. The first-order chi connectivity index (χ1) is 12.2. The van der Waals surface area contributed by atoms with E-state index in [1.807, 2.05) is 18.2 Å².